The minimum Gasteiger partial charge on any atom is -0.475 e. The molecule has 0 saturated carbocycles. The largest absolute Gasteiger partial charge is 0.475 e. The van der Waals surface area contributed by atoms with Gasteiger partial charge in [0.2, 0.25) is 5.78 Å². The van der Waals surface area contributed by atoms with Crippen molar-refractivity contribution in [3.63, 3.8) is 0 Å². The molecule has 20 heavy (non-hydrogen) atoms. The Morgan fingerprint density at radius 3 is 2.25 bits per heavy atom. The van der Waals surface area contributed by atoms with Gasteiger partial charge in [-0.25, -0.2) is 4.79 Å². The number of aliphatic carboxylic acids is 1. The number of benzene rings is 1. The van der Waals surface area contributed by atoms with Crippen molar-refractivity contribution < 1.29 is 14.7 Å². The lowest BCUT2D eigenvalue weighted by Crippen LogP contribution is -2.15. The minimum absolute atomic E-state index is 0.158. The van der Waals surface area contributed by atoms with Gasteiger partial charge in [0.1, 0.15) is 0 Å². The summed E-state index contributed by atoms with van der Waals surface area (Å²) >= 11 is 0. The van der Waals surface area contributed by atoms with E-state index in [9.17, 15) is 9.59 Å². The Morgan fingerprint density at radius 2 is 1.65 bits per heavy atom. The van der Waals surface area contributed by atoms with E-state index in [1.807, 2.05) is 24.3 Å². The van der Waals surface area contributed by atoms with Crippen LogP contribution in [0.5, 0.6) is 0 Å². The van der Waals surface area contributed by atoms with E-state index < -0.39 is 11.8 Å². The molecular formula is C16H15NO3. The molecule has 1 aromatic heterocycles. The fourth-order valence-electron chi connectivity index (χ4n) is 1.88. The minimum atomic E-state index is -1.42. The maximum Gasteiger partial charge on any atom is 0.372 e. The highest BCUT2D eigenvalue weighted by Gasteiger charge is 2.12. The van der Waals surface area contributed by atoms with E-state index in [-0.39, 0.29) is 6.42 Å². The molecule has 0 unspecified atom stereocenters. The Labute approximate surface area is 117 Å². The molecule has 1 N–H and O–H groups in total. The van der Waals surface area contributed by atoms with Crippen LogP contribution in [-0.4, -0.2) is 21.8 Å². The lowest BCUT2D eigenvalue weighted by Gasteiger charge is -2.03. The molecule has 1 heterocycles. The Balaban J connectivity index is 1.91. The summed E-state index contributed by atoms with van der Waals surface area (Å²) in [4.78, 5) is 25.7. The number of nitrogens with zero attached hydrogens (tertiary/aromatic N) is 1. The van der Waals surface area contributed by atoms with Crippen molar-refractivity contribution in [2.24, 2.45) is 0 Å². The number of ketones is 1. The summed E-state index contributed by atoms with van der Waals surface area (Å²) in [7, 11) is 0. The molecule has 0 amide bonds. The SMILES string of the molecule is O=C(O)C(=O)Cc1ccc(CCc2ccccc2)cn1. The lowest BCUT2D eigenvalue weighted by molar-refractivity contribution is -0.148. The molecule has 0 saturated heterocycles. The van der Waals surface area contributed by atoms with Crippen LogP contribution >= 0.6 is 0 Å². The zero-order valence-corrected chi connectivity index (χ0v) is 11.0. The quantitative estimate of drug-likeness (QED) is 0.815. The normalized spacial score (nSPS) is 10.2. The zero-order valence-electron chi connectivity index (χ0n) is 11.0. The van der Waals surface area contributed by atoms with Crippen LogP contribution in [0.4, 0.5) is 0 Å². The second-order valence-electron chi connectivity index (χ2n) is 4.55. The molecule has 0 aliphatic carbocycles. The molecule has 1 aromatic carbocycles. The van der Waals surface area contributed by atoms with Gasteiger partial charge in [-0.15, -0.1) is 0 Å². The smallest absolute Gasteiger partial charge is 0.372 e. The first kappa shape index (κ1) is 13.9. The van der Waals surface area contributed by atoms with Gasteiger partial charge in [0.15, 0.2) is 0 Å². The number of aryl methyl sites for hydroxylation is 2. The Bertz CT molecular complexity index is 591. The predicted molar refractivity (Wildman–Crippen MR) is 74.4 cm³/mol. The summed E-state index contributed by atoms with van der Waals surface area (Å²) in [5, 5.41) is 8.53. The highest BCUT2D eigenvalue weighted by atomic mass is 16.4. The molecule has 0 fully saturated rings. The molecular weight excluding hydrogens is 254 g/mol. The van der Waals surface area contributed by atoms with Gasteiger partial charge in [-0.1, -0.05) is 36.4 Å². The van der Waals surface area contributed by atoms with Crippen LogP contribution in [-0.2, 0) is 28.9 Å². The molecule has 4 nitrogen and oxygen atoms in total. The Morgan fingerprint density at radius 1 is 0.950 bits per heavy atom. The van der Waals surface area contributed by atoms with Crippen LogP contribution < -0.4 is 0 Å². The molecule has 2 aromatic rings. The third-order valence-corrected chi connectivity index (χ3v) is 3.01. The summed E-state index contributed by atoms with van der Waals surface area (Å²) in [6.07, 6.45) is 3.34. The number of hydrogen-bond donors (Lipinski definition) is 1. The van der Waals surface area contributed by atoms with E-state index in [1.165, 1.54) is 5.56 Å². The first-order chi connectivity index (χ1) is 9.65. The summed E-state index contributed by atoms with van der Waals surface area (Å²) in [6, 6.07) is 13.8. The average molecular weight is 269 g/mol. The van der Waals surface area contributed by atoms with Gasteiger partial charge >= 0.3 is 5.97 Å². The number of Topliss-reactive ketones (excluding diaryl/α,β-unsaturated/α-hetero) is 1. The van der Waals surface area contributed by atoms with Crippen LogP contribution in [0.2, 0.25) is 0 Å². The average Bonchev–Trinajstić information content (AvgIpc) is 2.47. The fourth-order valence-corrected chi connectivity index (χ4v) is 1.88. The molecule has 2 rings (SSSR count). The van der Waals surface area contributed by atoms with E-state index in [4.69, 9.17) is 5.11 Å². The van der Waals surface area contributed by atoms with Crippen molar-refractivity contribution in [1.29, 1.82) is 0 Å². The van der Waals surface area contributed by atoms with Gasteiger partial charge in [0.05, 0.1) is 6.42 Å². The number of carboxylic acid groups (broad SMARTS) is 1. The van der Waals surface area contributed by atoms with Gasteiger partial charge in [0, 0.05) is 11.9 Å². The number of pyridine rings is 1. The van der Waals surface area contributed by atoms with Crippen molar-refractivity contribution in [3.8, 4) is 0 Å². The number of carbonyl (C=O) groups excluding carboxylic acids is 1. The second kappa shape index (κ2) is 6.61. The van der Waals surface area contributed by atoms with Gasteiger partial charge < -0.3 is 5.11 Å². The highest BCUT2D eigenvalue weighted by molar-refractivity contribution is 6.33. The number of carbonyl (C=O) groups is 2. The van der Waals surface area contributed by atoms with Gasteiger partial charge in [0.25, 0.3) is 0 Å². The van der Waals surface area contributed by atoms with Crippen molar-refractivity contribution in [1.82, 2.24) is 4.98 Å². The van der Waals surface area contributed by atoms with Crippen molar-refractivity contribution in [2.45, 2.75) is 19.3 Å². The monoisotopic (exact) mass is 269 g/mol. The first-order valence-electron chi connectivity index (χ1n) is 6.39. The van der Waals surface area contributed by atoms with Crippen LogP contribution in [0.25, 0.3) is 0 Å². The Hall–Kier alpha value is -2.49. The van der Waals surface area contributed by atoms with Gasteiger partial charge in [-0.3, -0.25) is 9.78 Å². The second-order valence-corrected chi connectivity index (χ2v) is 4.55. The molecule has 102 valence electrons. The van der Waals surface area contributed by atoms with Crippen LogP contribution in [0.1, 0.15) is 16.8 Å². The highest BCUT2D eigenvalue weighted by Crippen LogP contribution is 2.07. The summed E-state index contributed by atoms with van der Waals surface area (Å²) in [5.74, 6) is -2.26. The molecule has 0 radical (unpaired) electrons. The van der Waals surface area contributed by atoms with Crippen molar-refractivity contribution in [2.75, 3.05) is 0 Å². The maximum atomic E-state index is 11.1. The standard InChI is InChI=1S/C16H15NO3/c18-15(16(19)20)10-14-9-8-13(11-17-14)7-6-12-4-2-1-3-5-12/h1-5,8-9,11H,6-7,10H2,(H,19,20). The molecule has 0 bridgehead atoms. The van der Waals surface area contributed by atoms with Gasteiger partial charge in [-0.2, -0.15) is 0 Å². The summed E-state index contributed by atoms with van der Waals surface area (Å²) < 4.78 is 0. The van der Waals surface area contributed by atoms with E-state index in [0.29, 0.717) is 5.69 Å². The number of aromatic nitrogens is 1. The Kier molecular flexibility index (Phi) is 4.60. The molecule has 0 spiro atoms. The predicted octanol–water partition coefficient (Wildman–Crippen LogP) is 2.06. The zero-order chi connectivity index (χ0) is 14.4. The van der Waals surface area contributed by atoms with Crippen LogP contribution in [0, 0.1) is 0 Å². The third kappa shape index (κ3) is 4.02. The van der Waals surface area contributed by atoms with E-state index in [1.54, 1.807) is 12.3 Å². The van der Waals surface area contributed by atoms with Crippen LogP contribution in [0.3, 0.4) is 0 Å². The molecule has 4 heteroatoms. The van der Waals surface area contributed by atoms with Crippen molar-refractivity contribution >= 4 is 11.8 Å². The molecule has 0 atom stereocenters. The van der Waals surface area contributed by atoms with E-state index >= 15 is 0 Å². The third-order valence-electron chi connectivity index (χ3n) is 3.01. The number of rotatable bonds is 6. The number of carboxylic acids is 1. The molecule has 0 aliphatic rings. The van der Waals surface area contributed by atoms with E-state index in [0.717, 1.165) is 18.4 Å². The van der Waals surface area contributed by atoms with Crippen LogP contribution in [0.15, 0.2) is 48.7 Å². The topological polar surface area (TPSA) is 67.3 Å². The summed E-state index contributed by atoms with van der Waals surface area (Å²) in [5.41, 5.74) is 2.82. The fraction of sp³-hybridized carbons (Fsp3) is 0.188. The van der Waals surface area contributed by atoms with Crippen molar-refractivity contribution in [3.05, 3.63) is 65.5 Å². The first-order valence-corrected chi connectivity index (χ1v) is 6.39. The summed E-state index contributed by atoms with van der Waals surface area (Å²) in [6.45, 7) is 0. The van der Waals surface area contributed by atoms with Gasteiger partial charge in [-0.05, 0) is 30.0 Å². The number of hydrogen-bond acceptors (Lipinski definition) is 3. The maximum absolute atomic E-state index is 11.1. The van der Waals surface area contributed by atoms with E-state index in [2.05, 4.69) is 17.1 Å². The molecule has 0 aliphatic heterocycles. The lowest BCUT2D eigenvalue weighted by atomic mass is 10.1.